The number of piperidine rings is 2. The predicted octanol–water partition coefficient (Wildman–Crippen LogP) is 3.28. The number of amides is 2. The van der Waals surface area contributed by atoms with Gasteiger partial charge in [0.25, 0.3) is 0 Å². The summed E-state index contributed by atoms with van der Waals surface area (Å²) < 4.78 is 0. The van der Waals surface area contributed by atoms with Gasteiger partial charge >= 0.3 is 0 Å². The van der Waals surface area contributed by atoms with Gasteiger partial charge in [0.15, 0.2) is 0 Å². The topological polar surface area (TPSA) is 55.9 Å². The molecule has 6 heteroatoms. The fourth-order valence-corrected chi connectivity index (χ4v) is 5.89. The van der Waals surface area contributed by atoms with Crippen molar-refractivity contribution in [3.05, 3.63) is 71.8 Å². The van der Waals surface area contributed by atoms with E-state index in [9.17, 15) is 9.59 Å². The van der Waals surface area contributed by atoms with Gasteiger partial charge in [0.1, 0.15) is 0 Å². The van der Waals surface area contributed by atoms with Crippen LogP contribution in [0.3, 0.4) is 0 Å². The molecule has 5 rings (SSSR count). The third-order valence-electron chi connectivity index (χ3n) is 7.96. The zero-order chi connectivity index (χ0) is 24.0. The summed E-state index contributed by atoms with van der Waals surface area (Å²) in [5, 5.41) is 3.27. The van der Waals surface area contributed by atoms with E-state index in [4.69, 9.17) is 0 Å². The Balaban J connectivity index is 1.04. The van der Waals surface area contributed by atoms with Crippen molar-refractivity contribution in [3.63, 3.8) is 0 Å². The smallest absolute Gasteiger partial charge is 0.225 e. The summed E-state index contributed by atoms with van der Waals surface area (Å²) in [6.45, 7) is 6.52. The van der Waals surface area contributed by atoms with Crippen molar-refractivity contribution >= 4 is 11.8 Å². The van der Waals surface area contributed by atoms with Crippen molar-refractivity contribution in [2.24, 2.45) is 5.92 Å². The molecule has 0 bridgehead atoms. The van der Waals surface area contributed by atoms with Gasteiger partial charge in [-0.3, -0.25) is 19.4 Å². The second-order valence-corrected chi connectivity index (χ2v) is 10.5. The standard InChI is InChI=1S/C29H38N4O2/c34-28-19-25(22-33(28)27-13-17-32(18-14-27)21-24-9-5-2-6-10-24)29(35)30-26-11-15-31(16-12-26)20-23-7-3-1-4-8-23/h1-10,25-27H,11-22H2,(H,30,35). The van der Waals surface area contributed by atoms with E-state index in [-0.39, 0.29) is 29.8 Å². The van der Waals surface area contributed by atoms with Crippen LogP contribution in [0.25, 0.3) is 0 Å². The van der Waals surface area contributed by atoms with E-state index in [2.05, 4.69) is 75.8 Å². The van der Waals surface area contributed by atoms with Crippen LogP contribution in [0.4, 0.5) is 0 Å². The molecule has 2 aromatic carbocycles. The van der Waals surface area contributed by atoms with E-state index in [0.29, 0.717) is 13.0 Å². The third kappa shape index (κ3) is 6.30. The van der Waals surface area contributed by atoms with Gasteiger partial charge in [0.05, 0.1) is 5.92 Å². The number of likely N-dealkylation sites (tertiary alicyclic amines) is 3. The summed E-state index contributed by atoms with van der Waals surface area (Å²) in [4.78, 5) is 32.7. The second-order valence-electron chi connectivity index (χ2n) is 10.5. The molecule has 3 fully saturated rings. The number of carbonyl (C=O) groups excluding carboxylic acids is 2. The highest BCUT2D eigenvalue weighted by atomic mass is 16.2. The summed E-state index contributed by atoms with van der Waals surface area (Å²) in [5.74, 6) is 0.0282. The molecule has 3 heterocycles. The Labute approximate surface area is 209 Å². The molecule has 0 aromatic heterocycles. The average molecular weight is 475 g/mol. The van der Waals surface area contributed by atoms with Crippen LogP contribution in [0.5, 0.6) is 0 Å². The first-order valence-electron chi connectivity index (χ1n) is 13.3. The van der Waals surface area contributed by atoms with Gasteiger partial charge < -0.3 is 10.2 Å². The van der Waals surface area contributed by atoms with Crippen molar-refractivity contribution in [2.75, 3.05) is 32.7 Å². The highest BCUT2D eigenvalue weighted by Crippen LogP contribution is 2.27. The maximum atomic E-state index is 13.0. The highest BCUT2D eigenvalue weighted by molar-refractivity contribution is 5.89. The fourth-order valence-electron chi connectivity index (χ4n) is 5.89. The molecule has 35 heavy (non-hydrogen) atoms. The van der Waals surface area contributed by atoms with E-state index in [1.807, 2.05) is 4.90 Å². The first-order valence-corrected chi connectivity index (χ1v) is 13.3. The lowest BCUT2D eigenvalue weighted by atomic mass is 10.0. The minimum Gasteiger partial charge on any atom is -0.353 e. The van der Waals surface area contributed by atoms with E-state index < -0.39 is 0 Å². The highest BCUT2D eigenvalue weighted by Gasteiger charge is 2.39. The van der Waals surface area contributed by atoms with Crippen LogP contribution in [-0.4, -0.2) is 71.3 Å². The second kappa shape index (κ2) is 11.4. The van der Waals surface area contributed by atoms with Gasteiger partial charge in [-0.15, -0.1) is 0 Å². The van der Waals surface area contributed by atoms with Gasteiger partial charge in [-0.05, 0) is 36.8 Å². The molecule has 3 saturated heterocycles. The molecule has 3 aliphatic rings. The van der Waals surface area contributed by atoms with Gasteiger partial charge in [0.2, 0.25) is 11.8 Å². The third-order valence-corrected chi connectivity index (χ3v) is 7.96. The lowest BCUT2D eigenvalue weighted by Gasteiger charge is -2.37. The number of hydrogen-bond acceptors (Lipinski definition) is 4. The summed E-state index contributed by atoms with van der Waals surface area (Å²) in [5.41, 5.74) is 2.68. The number of benzene rings is 2. The normalized spacial score (nSPS) is 23.0. The quantitative estimate of drug-likeness (QED) is 0.669. The molecule has 2 amide bonds. The van der Waals surface area contributed by atoms with Crippen LogP contribution >= 0.6 is 0 Å². The molecule has 6 nitrogen and oxygen atoms in total. The molecular weight excluding hydrogens is 436 g/mol. The Morgan fingerprint density at radius 2 is 1.29 bits per heavy atom. The molecule has 2 aromatic rings. The SMILES string of the molecule is O=C(NC1CCN(Cc2ccccc2)CC1)C1CC(=O)N(C2CCN(Cc3ccccc3)CC2)C1. The Bertz CT molecular complexity index is 967. The maximum absolute atomic E-state index is 13.0. The monoisotopic (exact) mass is 474 g/mol. The van der Waals surface area contributed by atoms with Crippen LogP contribution in [0.2, 0.25) is 0 Å². The zero-order valence-electron chi connectivity index (χ0n) is 20.6. The van der Waals surface area contributed by atoms with Crippen molar-refractivity contribution in [3.8, 4) is 0 Å². The fraction of sp³-hybridized carbons (Fsp3) is 0.517. The molecule has 0 spiro atoms. The molecular formula is C29H38N4O2. The summed E-state index contributed by atoms with van der Waals surface area (Å²) >= 11 is 0. The van der Waals surface area contributed by atoms with E-state index in [1.54, 1.807) is 0 Å². The molecule has 0 radical (unpaired) electrons. The Kier molecular flexibility index (Phi) is 7.79. The molecule has 186 valence electrons. The number of nitrogens with one attached hydrogen (secondary N) is 1. The largest absolute Gasteiger partial charge is 0.353 e. The Morgan fingerprint density at radius 1 is 0.771 bits per heavy atom. The zero-order valence-corrected chi connectivity index (χ0v) is 20.6. The first kappa shape index (κ1) is 24.0. The number of hydrogen-bond donors (Lipinski definition) is 1. The van der Waals surface area contributed by atoms with Crippen molar-refractivity contribution in [1.82, 2.24) is 20.0 Å². The maximum Gasteiger partial charge on any atom is 0.225 e. The molecule has 0 aliphatic carbocycles. The summed E-state index contributed by atoms with van der Waals surface area (Å²) in [7, 11) is 0. The Morgan fingerprint density at radius 3 is 1.83 bits per heavy atom. The van der Waals surface area contributed by atoms with E-state index in [1.165, 1.54) is 11.1 Å². The number of carbonyl (C=O) groups is 2. The lowest BCUT2D eigenvalue weighted by molar-refractivity contribution is -0.131. The molecule has 0 saturated carbocycles. The van der Waals surface area contributed by atoms with Crippen molar-refractivity contribution in [2.45, 2.75) is 57.3 Å². The van der Waals surface area contributed by atoms with Crippen LogP contribution in [0.15, 0.2) is 60.7 Å². The van der Waals surface area contributed by atoms with Crippen molar-refractivity contribution < 1.29 is 9.59 Å². The van der Waals surface area contributed by atoms with Crippen LogP contribution in [0, 0.1) is 5.92 Å². The van der Waals surface area contributed by atoms with Gasteiger partial charge in [-0.1, -0.05) is 60.7 Å². The van der Waals surface area contributed by atoms with Crippen molar-refractivity contribution in [1.29, 1.82) is 0 Å². The van der Waals surface area contributed by atoms with E-state index >= 15 is 0 Å². The number of nitrogens with zero attached hydrogens (tertiary/aromatic N) is 3. The average Bonchev–Trinajstić information content (AvgIpc) is 3.29. The predicted molar refractivity (Wildman–Crippen MR) is 137 cm³/mol. The van der Waals surface area contributed by atoms with Gasteiger partial charge in [-0.2, -0.15) is 0 Å². The van der Waals surface area contributed by atoms with Crippen LogP contribution in [-0.2, 0) is 22.7 Å². The van der Waals surface area contributed by atoms with Crippen LogP contribution in [0.1, 0.15) is 43.2 Å². The summed E-state index contributed by atoms with van der Waals surface area (Å²) in [6, 6.07) is 21.6. The lowest BCUT2D eigenvalue weighted by Crippen LogP contribution is -2.47. The minimum absolute atomic E-state index is 0.0730. The van der Waals surface area contributed by atoms with E-state index in [0.717, 1.165) is 65.0 Å². The minimum atomic E-state index is -0.202. The van der Waals surface area contributed by atoms with Crippen LogP contribution < -0.4 is 5.32 Å². The molecule has 1 unspecified atom stereocenters. The number of rotatable bonds is 7. The van der Waals surface area contributed by atoms with Gasteiger partial charge in [-0.25, -0.2) is 0 Å². The summed E-state index contributed by atoms with van der Waals surface area (Å²) in [6.07, 6.45) is 4.30. The van der Waals surface area contributed by atoms with Gasteiger partial charge in [0, 0.05) is 64.3 Å². The molecule has 1 atom stereocenters. The molecule has 3 aliphatic heterocycles. The first-order chi connectivity index (χ1) is 17.1. The Hall–Kier alpha value is -2.70. The molecule has 1 N–H and O–H groups in total.